The fraction of sp³-hybridized carbons (Fsp3) is 0.727. The maximum atomic E-state index is 11.2. The maximum absolute atomic E-state index is 11.2. The number of aliphatic hydroxyl groups is 1. The molecule has 0 aromatic heterocycles. The predicted molar refractivity (Wildman–Crippen MR) is 61.5 cm³/mol. The van der Waals surface area contributed by atoms with Gasteiger partial charge in [0, 0.05) is 13.1 Å². The predicted octanol–water partition coefficient (Wildman–Crippen LogP) is 0.285. The van der Waals surface area contributed by atoms with Crippen molar-refractivity contribution in [1.82, 2.24) is 10.6 Å². The van der Waals surface area contributed by atoms with Gasteiger partial charge in [-0.3, -0.25) is 4.79 Å². The molecule has 1 unspecified atom stereocenters. The third-order valence-electron chi connectivity index (χ3n) is 1.85. The van der Waals surface area contributed by atoms with Crippen molar-refractivity contribution in [1.29, 1.82) is 0 Å². The number of carbonyl (C=O) groups excluding carboxylic acids is 1. The SMILES string of the molecule is C=CCNCC(=O)NCC(O)CC(C)C. The Morgan fingerprint density at radius 3 is 2.73 bits per heavy atom. The van der Waals surface area contributed by atoms with Crippen LogP contribution in [0.25, 0.3) is 0 Å². The molecule has 0 rings (SSSR count). The van der Waals surface area contributed by atoms with Gasteiger partial charge in [-0.2, -0.15) is 0 Å². The Bertz CT molecular complexity index is 193. The zero-order chi connectivity index (χ0) is 11.7. The molecule has 15 heavy (non-hydrogen) atoms. The van der Waals surface area contributed by atoms with Gasteiger partial charge in [0.05, 0.1) is 12.6 Å². The molecule has 0 aliphatic carbocycles. The number of hydrogen-bond acceptors (Lipinski definition) is 3. The van der Waals surface area contributed by atoms with Gasteiger partial charge in [-0.25, -0.2) is 0 Å². The quantitative estimate of drug-likeness (QED) is 0.402. The van der Waals surface area contributed by atoms with Crippen molar-refractivity contribution in [2.45, 2.75) is 26.4 Å². The van der Waals surface area contributed by atoms with Crippen LogP contribution in [0.3, 0.4) is 0 Å². The van der Waals surface area contributed by atoms with Crippen LogP contribution in [0.4, 0.5) is 0 Å². The zero-order valence-electron chi connectivity index (χ0n) is 9.62. The van der Waals surface area contributed by atoms with Crippen LogP contribution in [0.5, 0.6) is 0 Å². The number of aliphatic hydroxyl groups excluding tert-OH is 1. The van der Waals surface area contributed by atoms with E-state index in [9.17, 15) is 9.90 Å². The van der Waals surface area contributed by atoms with E-state index in [4.69, 9.17) is 0 Å². The van der Waals surface area contributed by atoms with Crippen molar-refractivity contribution >= 4 is 5.91 Å². The molecule has 0 saturated carbocycles. The first kappa shape index (κ1) is 14.1. The van der Waals surface area contributed by atoms with Crippen molar-refractivity contribution in [3.63, 3.8) is 0 Å². The van der Waals surface area contributed by atoms with Gasteiger partial charge in [-0.1, -0.05) is 19.9 Å². The largest absolute Gasteiger partial charge is 0.391 e. The number of nitrogens with one attached hydrogen (secondary N) is 2. The highest BCUT2D eigenvalue weighted by Crippen LogP contribution is 2.02. The molecule has 0 saturated heterocycles. The molecule has 4 nitrogen and oxygen atoms in total. The first-order valence-corrected chi connectivity index (χ1v) is 5.32. The summed E-state index contributed by atoms with van der Waals surface area (Å²) in [5.41, 5.74) is 0. The summed E-state index contributed by atoms with van der Waals surface area (Å²) in [5, 5.41) is 15.0. The van der Waals surface area contributed by atoms with E-state index in [0.717, 1.165) is 0 Å². The van der Waals surface area contributed by atoms with Crippen LogP contribution in [0, 0.1) is 5.92 Å². The molecule has 0 aliphatic rings. The Hall–Kier alpha value is -0.870. The minimum Gasteiger partial charge on any atom is -0.391 e. The summed E-state index contributed by atoms with van der Waals surface area (Å²) in [6.07, 6.45) is 1.95. The lowest BCUT2D eigenvalue weighted by Gasteiger charge is -2.13. The van der Waals surface area contributed by atoms with Crippen molar-refractivity contribution in [3.05, 3.63) is 12.7 Å². The van der Waals surface area contributed by atoms with Gasteiger partial charge in [0.2, 0.25) is 5.91 Å². The third kappa shape index (κ3) is 9.43. The van der Waals surface area contributed by atoms with Crippen LogP contribution in [-0.4, -0.2) is 36.8 Å². The minimum absolute atomic E-state index is 0.0975. The van der Waals surface area contributed by atoms with Crippen LogP contribution in [0.15, 0.2) is 12.7 Å². The summed E-state index contributed by atoms with van der Waals surface area (Å²) < 4.78 is 0. The summed E-state index contributed by atoms with van der Waals surface area (Å²) in [4.78, 5) is 11.2. The van der Waals surface area contributed by atoms with E-state index in [1.165, 1.54) is 0 Å². The number of carbonyl (C=O) groups is 1. The maximum Gasteiger partial charge on any atom is 0.234 e. The molecule has 3 N–H and O–H groups in total. The van der Waals surface area contributed by atoms with Crippen LogP contribution >= 0.6 is 0 Å². The van der Waals surface area contributed by atoms with Crippen molar-refractivity contribution < 1.29 is 9.90 Å². The van der Waals surface area contributed by atoms with Gasteiger partial charge in [0.1, 0.15) is 0 Å². The number of amides is 1. The Kier molecular flexibility index (Phi) is 7.95. The number of rotatable bonds is 8. The van der Waals surface area contributed by atoms with Gasteiger partial charge in [-0.15, -0.1) is 6.58 Å². The lowest BCUT2D eigenvalue weighted by atomic mass is 10.1. The van der Waals surface area contributed by atoms with E-state index in [1.807, 2.05) is 13.8 Å². The van der Waals surface area contributed by atoms with E-state index >= 15 is 0 Å². The van der Waals surface area contributed by atoms with E-state index in [1.54, 1.807) is 6.08 Å². The Balaban J connectivity index is 3.48. The first-order chi connectivity index (χ1) is 7.06. The van der Waals surface area contributed by atoms with Gasteiger partial charge in [0.25, 0.3) is 0 Å². The summed E-state index contributed by atoms with van der Waals surface area (Å²) in [6, 6.07) is 0. The van der Waals surface area contributed by atoms with Crippen molar-refractivity contribution in [2.24, 2.45) is 5.92 Å². The fourth-order valence-electron chi connectivity index (χ4n) is 1.21. The summed E-state index contributed by atoms with van der Waals surface area (Å²) in [7, 11) is 0. The highest BCUT2D eigenvalue weighted by molar-refractivity contribution is 5.77. The molecule has 88 valence electrons. The second kappa shape index (κ2) is 8.44. The molecule has 1 atom stereocenters. The fourth-order valence-corrected chi connectivity index (χ4v) is 1.21. The smallest absolute Gasteiger partial charge is 0.234 e. The van der Waals surface area contributed by atoms with Gasteiger partial charge >= 0.3 is 0 Å². The summed E-state index contributed by atoms with van der Waals surface area (Å²) >= 11 is 0. The molecule has 4 heteroatoms. The first-order valence-electron chi connectivity index (χ1n) is 5.32. The van der Waals surface area contributed by atoms with Crippen molar-refractivity contribution in [3.8, 4) is 0 Å². The monoisotopic (exact) mass is 214 g/mol. The van der Waals surface area contributed by atoms with E-state index in [0.29, 0.717) is 25.4 Å². The average molecular weight is 214 g/mol. The molecule has 0 heterocycles. The summed E-state index contributed by atoms with van der Waals surface area (Å²) in [5.74, 6) is 0.343. The van der Waals surface area contributed by atoms with E-state index < -0.39 is 6.10 Å². The zero-order valence-corrected chi connectivity index (χ0v) is 9.62. The molecule has 0 aromatic carbocycles. The Labute approximate surface area is 91.8 Å². The Morgan fingerprint density at radius 1 is 1.53 bits per heavy atom. The van der Waals surface area contributed by atoms with Crippen LogP contribution in [-0.2, 0) is 4.79 Å². The summed E-state index contributed by atoms with van der Waals surface area (Å²) in [6.45, 7) is 8.81. The molecule has 0 radical (unpaired) electrons. The molecule has 0 aromatic rings. The lowest BCUT2D eigenvalue weighted by molar-refractivity contribution is -0.120. The molecule has 0 fully saturated rings. The third-order valence-corrected chi connectivity index (χ3v) is 1.85. The van der Waals surface area contributed by atoms with Crippen LogP contribution in [0.1, 0.15) is 20.3 Å². The standard InChI is InChI=1S/C11H22N2O2/c1-4-5-12-8-11(15)13-7-10(14)6-9(2)3/h4,9-10,12,14H,1,5-8H2,2-3H3,(H,13,15). The molecular weight excluding hydrogens is 192 g/mol. The normalized spacial score (nSPS) is 12.5. The van der Waals surface area contributed by atoms with Crippen LogP contribution < -0.4 is 10.6 Å². The second-order valence-corrected chi connectivity index (χ2v) is 4.01. The minimum atomic E-state index is -0.451. The second-order valence-electron chi connectivity index (χ2n) is 4.01. The molecule has 0 bridgehead atoms. The van der Waals surface area contributed by atoms with Gasteiger partial charge < -0.3 is 15.7 Å². The molecule has 0 aliphatic heterocycles. The molecular formula is C11H22N2O2. The Morgan fingerprint density at radius 2 is 2.20 bits per heavy atom. The highest BCUT2D eigenvalue weighted by atomic mass is 16.3. The van der Waals surface area contributed by atoms with Crippen molar-refractivity contribution in [2.75, 3.05) is 19.6 Å². The lowest BCUT2D eigenvalue weighted by Crippen LogP contribution is -2.38. The van der Waals surface area contributed by atoms with Crippen LogP contribution in [0.2, 0.25) is 0 Å². The molecule has 0 spiro atoms. The highest BCUT2D eigenvalue weighted by Gasteiger charge is 2.08. The topological polar surface area (TPSA) is 61.4 Å². The van der Waals surface area contributed by atoms with E-state index in [2.05, 4.69) is 17.2 Å². The number of hydrogen-bond donors (Lipinski definition) is 3. The average Bonchev–Trinajstić information content (AvgIpc) is 2.14. The van der Waals surface area contributed by atoms with Gasteiger partial charge in [0.15, 0.2) is 0 Å². The van der Waals surface area contributed by atoms with Gasteiger partial charge in [-0.05, 0) is 12.3 Å². The van der Waals surface area contributed by atoms with E-state index in [-0.39, 0.29) is 12.5 Å². The molecule has 1 amide bonds.